The van der Waals surface area contributed by atoms with Crippen molar-refractivity contribution in [3.8, 4) is 6.07 Å². The predicted octanol–water partition coefficient (Wildman–Crippen LogP) is 4.02. The summed E-state index contributed by atoms with van der Waals surface area (Å²) >= 11 is 0. The number of rotatable bonds is 3. The van der Waals surface area contributed by atoms with Crippen molar-refractivity contribution < 1.29 is 0 Å². The van der Waals surface area contributed by atoms with E-state index in [1.807, 2.05) is 0 Å². The summed E-state index contributed by atoms with van der Waals surface area (Å²) in [5, 5.41) is 13.1. The molecule has 0 heterocycles. The smallest absolute Gasteiger partial charge is 0.0672 e. The van der Waals surface area contributed by atoms with Crippen LogP contribution in [-0.2, 0) is 0 Å². The Kier molecular flexibility index (Phi) is 5.50. The van der Waals surface area contributed by atoms with Gasteiger partial charge in [0.2, 0.25) is 0 Å². The van der Waals surface area contributed by atoms with Gasteiger partial charge in [-0.3, -0.25) is 0 Å². The first-order chi connectivity index (χ1) is 8.81. The molecule has 102 valence electrons. The molecule has 2 nitrogen and oxygen atoms in total. The quantitative estimate of drug-likeness (QED) is 0.766. The van der Waals surface area contributed by atoms with Crippen molar-refractivity contribution in [2.75, 3.05) is 0 Å². The summed E-state index contributed by atoms with van der Waals surface area (Å²) in [5.41, 5.74) is 0. The fourth-order valence-electron chi connectivity index (χ4n) is 3.77. The van der Waals surface area contributed by atoms with E-state index in [1.54, 1.807) is 0 Å². The molecule has 2 saturated carbocycles. The van der Waals surface area contributed by atoms with Gasteiger partial charge in [-0.25, -0.2) is 0 Å². The second kappa shape index (κ2) is 7.14. The van der Waals surface area contributed by atoms with Crippen LogP contribution in [0.15, 0.2) is 0 Å². The Bertz CT molecular complexity index is 275. The SMILES string of the molecule is C[C@H](NC1CCCCCC1C#N)C1CCCCC1. The van der Waals surface area contributed by atoms with Crippen molar-refractivity contribution in [3.63, 3.8) is 0 Å². The normalized spacial score (nSPS) is 32.4. The minimum Gasteiger partial charge on any atom is -0.310 e. The van der Waals surface area contributed by atoms with Crippen LogP contribution < -0.4 is 5.32 Å². The van der Waals surface area contributed by atoms with Crippen molar-refractivity contribution in [2.45, 2.75) is 83.2 Å². The highest BCUT2D eigenvalue weighted by molar-refractivity contribution is 4.95. The predicted molar refractivity (Wildman–Crippen MR) is 75.1 cm³/mol. The highest BCUT2D eigenvalue weighted by Gasteiger charge is 2.27. The molecule has 3 atom stereocenters. The molecule has 0 bridgehead atoms. The van der Waals surface area contributed by atoms with Crippen molar-refractivity contribution in [1.82, 2.24) is 5.32 Å². The minimum atomic E-state index is 0.249. The first kappa shape index (κ1) is 13.9. The molecule has 0 aromatic heterocycles. The van der Waals surface area contributed by atoms with E-state index in [4.69, 9.17) is 0 Å². The zero-order valence-electron chi connectivity index (χ0n) is 11.8. The second-order valence-electron chi connectivity index (χ2n) is 6.33. The summed E-state index contributed by atoms with van der Waals surface area (Å²) in [4.78, 5) is 0. The Labute approximate surface area is 112 Å². The average molecular weight is 248 g/mol. The van der Waals surface area contributed by atoms with Crippen LogP contribution in [0.1, 0.15) is 71.1 Å². The molecule has 18 heavy (non-hydrogen) atoms. The van der Waals surface area contributed by atoms with E-state index in [2.05, 4.69) is 18.3 Å². The monoisotopic (exact) mass is 248 g/mol. The zero-order valence-corrected chi connectivity index (χ0v) is 11.8. The van der Waals surface area contributed by atoms with Gasteiger partial charge in [-0.1, -0.05) is 38.5 Å². The third-order valence-corrected chi connectivity index (χ3v) is 5.02. The highest BCUT2D eigenvalue weighted by atomic mass is 15.0. The van der Waals surface area contributed by atoms with Crippen LogP contribution >= 0.6 is 0 Å². The van der Waals surface area contributed by atoms with E-state index in [0.717, 1.165) is 12.3 Å². The van der Waals surface area contributed by atoms with Crippen LogP contribution in [0.4, 0.5) is 0 Å². The second-order valence-corrected chi connectivity index (χ2v) is 6.33. The molecule has 0 aromatic rings. The number of nitriles is 1. The first-order valence-corrected chi connectivity index (χ1v) is 7.97. The maximum Gasteiger partial charge on any atom is 0.0672 e. The fraction of sp³-hybridized carbons (Fsp3) is 0.938. The lowest BCUT2D eigenvalue weighted by Gasteiger charge is -2.32. The van der Waals surface area contributed by atoms with Crippen LogP contribution in [0.3, 0.4) is 0 Å². The summed E-state index contributed by atoms with van der Waals surface area (Å²) in [6.07, 6.45) is 13.2. The molecule has 0 spiro atoms. The standard InChI is InChI=1S/C16H28N2/c1-13(14-8-4-2-5-9-14)18-16-11-7-3-6-10-15(16)12-17/h13-16,18H,2-11H2,1H3/t13-,15?,16?/m0/s1. The summed E-state index contributed by atoms with van der Waals surface area (Å²) in [5.74, 6) is 1.10. The summed E-state index contributed by atoms with van der Waals surface area (Å²) in [6.45, 7) is 2.34. The molecule has 2 fully saturated rings. The number of hydrogen-bond acceptors (Lipinski definition) is 2. The number of nitrogens with zero attached hydrogens (tertiary/aromatic N) is 1. The molecule has 2 rings (SSSR count). The number of hydrogen-bond donors (Lipinski definition) is 1. The Balaban J connectivity index is 1.87. The van der Waals surface area contributed by atoms with E-state index in [0.29, 0.717) is 12.1 Å². The van der Waals surface area contributed by atoms with Crippen LogP contribution in [0.25, 0.3) is 0 Å². The number of nitrogens with one attached hydrogen (secondary N) is 1. The molecule has 2 unspecified atom stereocenters. The van der Waals surface area contributed by atoms with E-state index < -0.39 is 0 Å². The molecule has 2 heteroatoms. The molecular weight excluding hydrogens is 220 g/mol. The van der Waals surface area contributed by atoms with Crippen LogP contribution in [0.2, 0.25) is 0 Å². The lowest BCUT2D eigenvalue weighted by atomic mass is 9.83. The van der Waals surface area contributed by atoms with Gasteiger partial charge >= 0.3 is 0 Å². The summed E-state index contributed by atoms with van der Waals surface area (Å²) in [7, 11) is 0. The third-order valence-electron chi connectivity index (χ3n) is 5.02. The lowest BCUT2D eigenvalue weighted by Crippen LogP contribution is -2.44. The van der Waals surface area contributed by atoms with Gasteiger partial charge in [-0.05, 0) is 38.5 Å². The molecule has 0 radical (unpaired) electrons. The molecular formula is C16H28N2. The Morgan fingerprint density at radius 3 is 2.22 bits per heavy atom. The topological polar surface area (TPSA) is 35.8 Å². The van der Waals surface area contributed by atoms with Gasteiger partial charge in [0, 0.05) is 12.1 Å². The minimum absolute atomic E-state index is 0.249. The van der Waals surface area contributed by atoms with Crippen LogP contribution in [0, 0.1) is 23.2 Å². The Morgan fingerprint density at radius 2 is 1.56 bits per heavy atom. The summed E-state index contributed by atoms with van der Waals surface area (Å²) < 4.78 is 0. The average Bonchev–Trinajstić information content (AvgIpc) is 2.64. The van der Waals surface area contributed by atoms with Gasteiger partial charge in [0.05, 0.1) is 12.0 Å². The highest BCUT2D eigenvalue weighted by Crippen LogP contribution is 2.29. The summed E-state index contributed by atoms with van der Waals surface area (Å²) in [6, 6.07) is 3.59. The maximum absolute atomic E-state index is 9.32. The molecule has 0 aromatic carbocycles. The Morgan fingerprint density at radius 1 is 0.944 bits per heavy atom. The molecule has 0 aliphatic heterocycles. The Hall–Kier alpha value is -0.550. The van der Waals surface area contributed by atoms with Crippen LogP contribution in [0.5, 0.6) is 0 Å². The molecule has 1 N–H and O–H groups in total. The largest absolute Gasteiger partial charge is 0.310 e. The van der Waals surface area contributed by atoms with Gasteiger partial charge in [0.1, 0.15) is 0 Å². The van der Waals surface area contributed by atoms with E-state index >= 15 is 0 Å². The van der Waals surface area contributed by atoms with Crippen molar-refractivity contribution in [2.24, 2.45) is 11.8 Å². The van der Waals surface area contributed by atoms with E-state index in [1.165, 1.54) is 57.8 Å². The van der Waals surface area contributed by atoms with E-state index in [-0.39, 0.29) is 5.92 Å². The molecule has 2 aliphatic rings. The molecule has 2 aliphatic carbocycles. The van der Waals surface area contributed by atoms with E-state index in [9.17, 15) is 5.26 Å². The van der Waals surface area contributed by atoms with Gasteiger partial charge < -0.3 is 5.32 Å². The van der Waals surface area contributed by atoms with Crippen molar-refractivity contribution >= 4 is 0 Å². The van der Waals surface area contributed by atoms with Gasteiger partial charge in [-0.2, -0.15) is 5.26 Å². The van der Waals surface area contributed by atoms with Gasteiger partial charge in [-0.15, -0.1) is 0 Å². The van der Waals surface area contributed by atoms with Gasteiger partial charge in [0.25, 0.3) is 0 Å². The van der Waals surface area contributed by atoms with Crippen molar-refractivity contribution in [3.05, 3.63) is 0 Å². The van der Waals surface area contributed by atoms with Crippen LogP contribution in [-0.4, -0.2) is 12.1 Å². The van der Waals surface area contributed by atoms with Crippen molar-refractivity contribution in [1.29, 1.82) is 5.26 Å². The molecule has 0 amide bonds. The zero-order chi connectivity index (χ0) is 12.8. The maximum atomic E-state index is 9.32. The third kappa shape index (κ3) is 3.72. The van der Waals surface area contributed by atoms with Gasteiger partial charge in [0.15, 0.2) is 0 Å². The fourth-order valence-corrected chi connectivity index (χ4v) is 3.77. The first-order valence-electron chi connectivity index (χ1n) is 7.97. The lowest BCUT2D eigenvalue weighted by molar-refractivity contribution is 0.244. The molecule has 0 saturated heterocycles.